The molecule has 2 amide bonds. The van der Waals surface area contributed by atoms with Gasteiger partial charge in [0.2, 0.25) is 5.91 Å². The molecule has 0 aromatic heterocycles. The summed E-state index contributed by atoms with van der Waals surface area (Å²) in [5.74, 6) is 0.777. The van der Waals surface area contributed by atoms with E-state index in [1.54, 1.807) is 37.4 Å². The van der Waals surface area contributed by atoms with Gasteiger partial charge in [-0.25, -0.2) is 0 Å². The van der Waals surface area contributed by atoms with Crippen LogP contribution in [-0.4, -0.2) is 31.0 Å². The summed E-state index contributed by atoms with van der Waals surface area (Å²) in [4.78, 5) is 25.4. The van der Waals surface area contributed by atoms with Gasteiger partial charge in [-0.3, -0.25) is 9.59 Å². The summed E-state index contributed by atoms with van der Waals surface area (Å²) in [7, 11) is 1.58. The number of anilines is 2. The summed E-state index contributed by atoms with van der Waals surface area (Å²) in [5, 5.41) is 9.43. The summed E-state index contributed by atoms with van der Waals surface area (Å²) in [6, 6.07) is 15.4. The minimum Gasteiger partial charge on any atom is -0.497 e. The molecule has 2 aromatic carbocycles. The van der Waals surface area contributed by atoms with Crippen LogP contribution >= 0.6 is 0 Å². The van der Waals surface area contributed by atoms with E-state index in [-0.39, 0.29) is 11.8 Å². The number of hydrogen-bond acceptors (Lipinski definition) is 4. The molecular formula is C23H27N3O3. The molecule has 2 saturated heterocycles. The molecule has 4 rings (SSSR count). The van der Waals surface area contributed by atoms with E-state index in [2.05, 4.69) is 16.0 Å². The lowest BCUT2D eigenvalue weighted by atomic mass is 9.89. The van der Waals surface area contributed by atoms with Crippen LogP contribution in [0.4, 0.5) is 11.4 Å². The average molecular weight is 393 g/mol. The Morgan fingerprint density at radius 2 is 1.79 bits per heavy atom. The number of para-hydroxylation sites is 1. The van der Waals surface area contributed by atoms with Gasteiger partial charge in [0.25, 0.3) is 5.91 Å². The summed E-state index contributed by atoms with van der Waals surface area (Å²) in [6.07, 6.45) is 5.05. The highest BCUT2D eigenvalue weighted by molar-refractivity contribution is 6.10. The van der Waals surface area contributed by atoms with Crippen LogP contribution in [0.1, 0.15) is 42.5 Å². The number of carbonyl (C=O) groups excluding carboxylic acids is 2. The third-order valence-corrected chi connectivity index (χ3v) is 5.82. The van der Waals surface area contributed by atoms with Crippen LogP contribution in [-0.2, 0) is 4.79 Å². The zero-order valence-corrected chi connectivity index (χ0v) is 16.6. The van der Waals surface area contributed by atoms with Gasteiger partial charge in [-0.05, 0) is 55.9 Å². The maximum absolute atomic E-state index is 12.8. The van der Waals surface area contributed by atoms with E-state index in [1.165, 1.54) is 12.8 Å². The molecular weight excluding hydrogens is 366 g/mol. The first-order chi connectivity index (χ1) is 14.1. The van der Waals surface area contributed by atoms with Crippen molar-refractivity contribution in [3.63, 3.8) is 0 Å². The Bertz CT molecular complexity index is 886. The molecule has 0 spiro atoms. The Kier molecular flexibility index (Phi) is 5.81. The van der Waals surface area contributed by atoms with Crippen LogP contribution in [0, 0.1) is 5.92 Å². The monoisotopic (exact) mass is 393 g/mol. The van der Waals surface area contributed by atoms with Gasteiger partial charge in [-0.15, -0.1) is 0 Å². The summed E-state index contributed by atoms with van der Waals surface area (Å²) in [5.41, 5.74) is 1.62. The number of fused-ring (bicyclic) bond motifs is 2. The van der Waals surface area contributed by atoms with Crippen molar-refractivity contribution in [2.45, 2.75) is 44.2 Å². The fourth-order valence-electron chi connectivity index (χ4n) is 4.49. The number of benzene rings is 2. The van der Waals surface area contributed by atoms with Crippen molar-refractivity contribution in [3.8, 4) is 5.75 Å². The highest BCUT2D eigenvalue weighted by Crippen LogP contribution is 2.33. The predicted molar refractivity (Wildman–Crippen MR) is 113 cm³/mol. The van der Waals surface area contributed by atoms with Crippen LogP contribution < -0.4 is 20.7 Å². The summed E-state index contributed by atoms with van der Waals surface area (Å²) in [6.45, 7) is 0. The Labute approximate surface area is 171 Å². The Morgan fingerprint density at radius 1 is 1.03 bits per heavy atom. The van der Waals surface area contributed by atoms with Crippen molar-refractivity contribution in [2.75, 3.05) is 17.7 Å². The van der Waals surface area contributed by atoms with Gasteiger partial charge in [0.1, 0.15) is 5.75 Å². The predicted octanol–water partition coefficient (Wildman–Crippen LogP) is 3.81. The molecule has 152 valence electrons. The zero-order valence-electron chi connectivity index (χ0n) is 16.6. The average Bonchev–Trinajstić information content (AvgIpc) is 3.06. The van der Waals surface area contributed by atoms with Crippen LogP contribution in [0.25, 0.3) is 0 Å². The Morgan fingerprint density at radius 3 is 2.55 bits per heavy atom. The van der Waals surface area contributed by atoms with Crippen LogP contribution in [0.2, 0.25) is 0 Å². The van der Waals surface area contributed by atoms with Gasteiger partial charge in [0.15, 0.2) is 0 Å². The molecule has 2 aromatic rings. The van der Waals surface area contributed by atoms with Crippen LogP contribution in [0.5, 0.6) is 5.75 Å². The number of ether oxygens (including phenoxy) is 1. The fraction of sp³-hybridized carbons (Fsp3) is 0.391. The van der Waals surface area contributed by atoms with Gasteiger partial charge in [-0.2, -0.15) is 0 Å². The van der Waals surface area contributed by atoms with Crippen molar-refractivity contribution >= 4 is 23.2 Å². The molecule has 6 nitrogen and oxygen atoms in total. The van der Waals surface area contributed by atoms with E-state index in [1.807, 2.05) is 18.2 Å². The van der Waals surface area contributed by atoms with E-state index in [0.717, 1.165) is 12.8 Å². The normalized spacial score (nSPS) is 22.7. The molecule has 6 heteroatoms. The number of amides is 2. The maximum atomic E-state index is 12.8. The van der Waals surface area contributed by atoms with Crippen molar-refractivity contribution in [1.29, 1.82) is 0 Å². The van der Waals surface area contributed by atoms with Gasteiger partial charge in [-0.1, -0.05) is 18.2 Å². The molecule has 2 unspecified atom stereocenters. The first kappa shape index (κ1) is 19.5. The van der Waals surface area contributed by atoms with E-state index in [9.17, 15) is 9.59 Å². The molecule has 29 heavy (non-hydrogen) atoms. The largest absolute Gasteiger partial charge is 0.497 e. The first-order valence-electron chi connectivity index (χ1n) is 10.2. The van der Waals surface area contributed by atoms with Gasteiger partial charge < -0.3 is 20.7 Å². The molecule has 2 atom stereocenters. The number of hydrogen-bond donors (Lipinski definition) is 3. The quantitative estimate of drug-likeness (QED) is 0.697. The van der Waals surface area contributed by atoms with E-state index in [4.69, 9.17) is 4.74 Å². The summed E-state index contributed by atoms with van der Waals surface area (Å²) < 4.78 is 5.20. The van der Waals surface area contributed by atoms with Crippen LogP contribution in [0.15, 0.2) is 48.5 Å². The SMILES string of the molecule is COc1cccc(NC(=O)c2ccccc2NC(=O)CC2CC3CCC(C2)N3)c1. The first-order valence-corrected chi connectivity index (χ1v) is 10.2. The van der Waals surface area contributed by atoms with Crippen molar-refractivity contribution in [3.05, 3.63) is 54.1 Å². The maximum Gasteiger partial charge on any atom is 0.257 e. The number of methoxy groups -OCH3 is 1. The van der Waals surface area contributed by atoms with Gasteiger partial charge >= 0.3 is 0 Å². The Balaban J connectivity index is 1.40. The van der Waals surface area contributed by atoms with E-state index in [0.29, 0.717) is 47.1 Å². The molecule has 2 bridgehead atoms. The minimum atomic E-state index is -0.269. The molecule has 3 N–H and O–H groups in total. The molecule has 2 aliphatic heterocycles. The smallest absolute Gasteiger partial charge is 0.257 e. The fourth-order valence-corrected chi connectivity index (χ4v) is 4.49. The standard InChI is InChI=1S/C23H27N3O3/c1-29-19-6-4-5-16(14-19)25-23(28)20-7-2-3-8-21(20)26-22(27)13-15-11-17-9-10-18(12-15)24-17/h2-8,14-15,17-18,24H,9-13H2,1H3,(H,25,28)(H,26,27). The summed E-state index contributed by atoms with van der Waals surface area (Å²) >= 11 is 0. The lowest BCUT2D eigenvalue weighted by Crippen LogP contribution is -2.39. The second-order valence-corrected chi connectivity index (χ2v) is 7.96. The number of rotatable bonds is 6. The lowest BCUT2D eigenvalue weighted by Gasteiger charge is -2.28. The van der Waals surface area contributed by atoms with Crippen molar-refractivity contribution in [2.24, 2.45) is 5.92 Å². The Hall–Kier alpha value is -2.86. The molecule has 0 radical (unpaired) electrons. The molecule has 0 aliphatic carbocycles. The second kappa shape index (κ2) is 8.66. The number of piperidine rings is 1. The number of carbonyl (C=O) groups is 2. The highest BCUT2D eigenvalue weighted by Gasteiger charge is 2.34. The van der Waals surface area contributed by atoms with E-state index >= 15 is 0 Å². The third kappa shape index (κ3) is 4.77. The highest BCUT2D eigenvalue weighted by atomic mass is 16.5. The molecule has 0 saturated carbocycles. The van der Waals surface area contributed by atoms with Crippen molar-refractivity contribution in [1.82, 2.24) is 5.32 Å². The lowest BCUT2D eigenvalue weighted by molar-refractivity contribution is -0.117. The topological polar surface area (TPSA) is 79.5 Å². The van der Waals surface area contributed by atoms with Crippen molar-refractivity contribution < 1.29 is 14.3 Å². The molecule has 2 fully saturated rings. The van der Waals surface area contributed by atoms with Gasteiger partial charge in [0.05, 0.1) is 18.4 Å². The van der Waals surface area contributed by atoms with E-state index < -0.39 is 0 Å². The van der Waals surface area contributed by atoms with Gasteiger partial charge in [0, 0.05) is 30.3 Å². The van der Waals surface area contributed by atoms with Crippen LogP contribution in [0.3, 0.4) is 0 Å². The number of nitrogens with one attached hydrogen (secondary N) is 3. The third-order valence-electron chi connectivity index (χ3n) is 5.82. The minimum absolute atomic E-state index is 0.0297. The molecule has 2 aliphatic rings. The zero-order chi connectivity index (χ0) is 20.2. The second-order valence-electron chi connectivity index (χ2n) is 7.96. The molecule has 2 heterocycles.